The van der Waals surface area contributed by atoms with Crippen LogP contribution in [0.1, 0.15) is 20.9 Å². The maximum atomic E-state index is 14.3. The highest BCUT2D eigenvalue weighted by Crippen LogP contribution is 2.38. The zero-order valence-electron chi connectivity index (χ0n) is 14.3. The first-order valence-electron chi connectivity index (χ1n) is 8.14. The number of amides is 1. The van der Waals surface area contributed by atoms with Crippen molar-refractivity contribution in [1.29, 1.82) is 0 Å². The van der Waals surface area contributed by atoms with E-state index in [9.17, 15) is 23.5 Å². The highest BCUT2D eigenvalue weighted by Gasteiger charge is 2.25. The predicted molar refractivity (Wildman–Crippen MR) is 106 cm³/mol. The number of nitrogens with one attached hydrogen (secondary N) is 1. The summed E-state index contributed by atoms with van der Waals surface area (Å²) in [5, 5.41) is 13.6. The number of carboxylic acid groups (broad SMARTS) is 1. The minimum absolute atomic E-state index is 0.0128. The van der Waals surface area contributed by atoms with Crippen molar-refractivity contribution in [1.82, 2.24) is 0 Å². The summed E-state index contributed by atoms with van der Waals surface area (Å²) in [6, 6.07) is 10.1. The van der Waals surface area contributed by atoms with Gasteiger partial charge in [-0.3, -0.25) is 4.79 Å². The van der Waals surface area contributed by atoms with Crippen LogP contribution in [0.3, 0.4) is 0 Å². The molecule has 2 aromatic heterocycles. The topological polar surface area (TPSA) is 79.5 Å². The summed E-state index contributed by atoms with van der Waals surface area (Å²) >= 11 is 6.43. The number of hydrogen-bond donors (Lipinski definition) is 2. The van der Waals surface area contributed by atoms with Gasteiger partial charge in [0.05, 0.1) is 5.02 Å². The third-order valence-corrected chi connectivity index (χ3v) is 5.37. The van der Waals surface area contributed by atoms with E-state index in [4.69, 9.17) is 16.0 Å². The Labute approximate surface area is 171 Å². The number of para-hydroxylation sites is 1. The standard InChI is InChI=1S/C20H10ClF2NO4S/c21-12-7-13(22)10(6-14(12)23)11-8-29-19(17(11)20(26)27)24-18(25)16-5-9-3-1-2-4-15(9)28-16/h1-8H,(H,24,25)(H,26,27). The monoisotopic (exact) mass is 433 g/mol. The Hall–Kier alpha value is -3.23. The first kappa shape index (κ1) is 19.1. The number of furan rings is 1. The predicted octanol–water partition coefficient (Wildman–Crippen LogP) is 6.04. The summed E-state index contributed by atoms with van der Waals surface area (Å²) < 4.78 is 33.5. The van der Waals surface area contributed by atoms with Crippen molar-refractivity contribution in [2.75, 3.05) is 5.32 Å². The van der Waals surface area contributed by atoms with Gasteiger partial charge in [0.15, 0.2) is 5.76 Å². The lowest BCUT2D eigenvalue weighted by Gasteiger charge is -2.07. The summed E-state index contributed by atoms with van der Waals surface area (Å²) in [5.41, 5.74) is -0.206. The van der Waals surface area contributed by atoms with E-state index in [0.717, 1.165) is 23.5 Å². The van der Waals surface area contributed by atoms with Gasteiger partial charge in [-0.1, -0.05) is 29.8 Å². The van der Waals surface area contributed by atoms with E-state index >= 15 is 0 Å². The van der Waals surface area contributed by atoms with Crippen LogP contribution in [0.2, 0.25) is 5.02 Å². The summed E-state index contributed by atoms with van der Waals surface area (Å²) in [5.74, 6) is -3.86. The van der Waals surface area contributed by atoms with Gasteiger partial charge in [0.2, 0.25) is 0 Å². The van der Waals surface area contributed by atoms with Gasteiger partial charge in [0.1, 0.15) is 27.8 Å². The van der Waals surface area contributed by atoms with Crippen molar-refractivity contribution < 1.29 is 27.9 Å². The Kier molecular flexibility index (Phi) is 4.81. The molecule has 0 radical (unpaired) electrons. The van der Waals surface area contributed by atoms with E-state index in [2.05, 4.69) is 5.32 Å². The number of hydrogen-bond acceptors (Lipinski definition) is 4. The third-order valence-electron chi connectivity index (χ3n) is 4.18. The maximum Gasteiger partial charge on any atom is 0.339 e. The molecule has 0 unspecified atom stereocenters. The molecular formula is C20H10ClF2NO4S. The molecule has 0 bridgehead atoms. The molecule has 0 atom stereocenters. The van der Waals surface area contributed by atoms with Crippen molar-refractivity contribution >= 4 is 50.8 Å². The minimum atomic E-state index is -1.41. The van der Waals surface area contributed by atoms with E-state index in [1.54, 1.807) is 24.3 Å². The number of carbonyl (C=O) groups excluding carboxylic acids is 1. The van der Waals surface area contributed by atoms with Gasteiger partial charge in [-0.05, 0) is 24.3 Å². The molecule has 1 amide bonds. The molecule has 0 saturated heterocycles. The quantitative estimate of drug-likeness (QED) is 0.384. The van der Waals surface area contributed by atoms with Crippen LogP contribution in [0.25, 0.3) is 22.1 Å². The lowest BCUT2D eigenvalue weighted by molar-refractivity contribution is 0.0699. The number of rotatable bonds is 4. The highest BCUT2D eigenvalue weighted by molar-refractivity contribution is 7.15. The van der Waals surface area contributed by atoms with Crippen molar-refractivity contribution in [3.63, 3.8) is 0 Å². The fourth-order valence-corrected chi connectivity index (χ4v) is 3.95. The van der Waals surface area contributed by atoms with E-state index in [1.807, 2.05) is 0 Å². The smallest absolute Gasteiger partial charge is 0.339 e. The third kappa shape index (κ3) is 3.48. The molecule has 9 heteroatoms. The number of aromatic carboxylic acids is 1. The second-order valence-electron chi connectivity index (χ2n) is 6.01. The molecule has 0 aliphatic heterocycles. The Morgan fingerprint density at radius 1 is 1.07 bits per heavy atom. The summed E-state index contributed by atoms with van der Waals surface area (Å²) in [7, 11) is 0. The first-order valence-corrected chi connectivity index (χ1v) is 9.40. The van der Waals surface area contributed by atoms with Crippen LogP contribution in [0, 0.1) is 11.6 Å². The zero-order chi connectivity index (χ0) is 20.7. The molecule has 0 aliphatic rings. The number of carboxylic acids is 1. The number of carbonyl (C=O) groups is 2. The Balaban J connectivity index is 1.73. The van der Waals surface area contributed by atoms with Gasteiger partial charge in [-0.25, -0.2) is 13.6 Å². The second-order valence-corrected chi connectivity index (χ2v) is 7.29. The molecule has 4 rings (SSSR count). The van der Waals surface area contributed by atoms with Crippen molar-refractivity contribution in [2.24, 2.45) is 0 Å². The van der Waals surface area contributed by atoms with Crippen molar-refractivity contribution in [2.45, 2.75) is 0 Å². The SMILES string of the molecule is O=C(Nc1scc(-c2cc(F)c(Cl)cc2F)c1C(=O)O)c1cc2ccccc2o1. The molecule has 0 fully saturated rings. The number of thiophene rings is 1. The van der Waals surface area contributed by atoms with Gasteiger partial charge in [-0.15, -0.1) is 11.3 Å². The Morgan fingerprint density at radius 2 is 1.83 bits per heavy atom. The summed E-state index contributed by atoms with van der Waals surface area (Å²) in [6.07, 6.45) is 0. The number of fused-ring (bicyclic) bond motifs is 1. The van der Waals surface area contributed by atoms with E-state index < -0.39 is 28.5 Å². The molecule has 146 valence electrons. The minimum Gasteiger partial charge on any atom is -0.478 e. The average molecular weight is 434 g/mol. The molecule has 29 heavy (non-hydrogen) atoms. The molecule has 2 N–H and O–H groups in total. The van der Waals surface area contributed by atoms with E-state index in [-0.39, 0.29) is 27.5 Å². The van der Waals surface area contributed by atoms with Crippen LogP contribution in [0.15, 0.2) is 52.3 Å². The lowest BCUT2D eigenvalue weighted by Crippen LogP contribution is -2.12. The fourth-order valence-electron chi connectivity index (χ4n) is 2.85. The van der Waals surface area contributed by atoms with Crippen LogP contribution in [-0.2, 0) is 0 Å². The summed E-state index contributed by atoms with van der Waals surface area (Å²) in [6.45, 7) is 0. The Bertz CT molecular complexity index is 1250. The lowest BCUT2D eigenvalue weighted by atomic mass is 10.0. The average Bonchev–Trinajstić information content (AvgIpc) is 3.28. The second kappa shape index (κ2) is 7.31. The molecule has 2 heterocycles. The normalized spacial score (nSPS) is 11.0. The number of anilines is 1. The van der Waals surface area contributed by atoms with Crippen LogP contribution >= 0.6 is 22.9 Å². The van der Waals surface area contributed by atoms with Gasteiger partial charge < -0.3 is 14.8 Å². The van der Waals surface area contributed by atoms with E-state index in [1.165, 1.54) is 11.4 Å². The maximum absolute atomic E-state index is 14.3. The molecular weight excluding hydrogens is 424 g/mol. The number of halogens is 3. The van der Waals surface area contributed by atoms with Gasteiger partial charge >= 0.3 is 5.97 Å². The van der Waals surface area contributed by atoms with Gasteiger partial charge in [-0.2, -0.15) is 0 Å². The molecule has 4 aromatic rings. The van der Waals surface area contributed by atoms with Crippen LogP contribution in [0.4, 0.5) is 13.8 Å². The first-order chi connectivity index (χ1) is 13.8. The molecule has 2 aromatic carbocycles. The highest BCUT2D eigenvalue weighted by atomic mass is 35.5. The van der Waals surface area contributed by atoms with Crippen LogP contribution < -0.4 is 5.32 Å². The molecule has 5 nitrogen and oxygen atoms in total. The van der Waals surface area contributed by atoms with Gasteiger partial charge in [0, 0.05) is 21.9 Å². The van der Waals surface area contributed by atoms with Crippen LogP contribution in [0.5, 0.6) is 0 Å². The van der Waals surface area contributed by atoms with Crippen molar-refractivity contribution in [3.05, 3.63) is 75.8 Å². The zero-order valence-corrected chi connectivity index (χ0v) is 15.9. The molecule has 0 saturated carbocycles. The van der Waals surface area contributed by atoms with Crippen molar-refractivity contribution in [3.8, 4) is 11.1 Å². The van der Waals surface area contributed by atoms with Crippen LogP contribution in [-0.4, -0.2) is 17.0 Å². The van der Waals surface area contributed by atoms with Gasteiger partial charge in [0.25, 0.3) is 5.91 Å². The largest absolute Gasteiger partial charge is 0.478 e. The number of benzene rings is 2. The van der Waals surface area contributed by atoms with E-state index in [0.29, 0.717) is 11.0 Å². The molecule has 0 spiro atoms. The Morgan fingerprint density at radius 3 is 2.55 bits per heavy atom. The summed E-state index contributed by atoms with van der Waals surface area (Å²) in [4.78, 5) is 24.3. The molecule has 0 aliphatic carbocycles. The fraction of sp³-hybridized carbons (Fsp3) is 0.